The number of pyridine rings is 1. The number of aromatic nitrogens is 5. The maximum absolute atomic E-state index is 4.44. The Kier molecular flexibility index (Phi) is 3.86. The topological polar surface area (TPSA) is 83.3 Å². The molecule has 1 saturated heterocycles. The Hall–Kier alpha value is -2.90. The molecule has 0 aromatic carbocycles. The molecule has 0 aliphatic carbocycles. The summed E-state index contributed by atoms with van der Waals surface area (Å²) in [4.78, 5) is 11.0. The minimum Gasteiger partial charge on any atom is -0.373 e. The standard InChI is InChI=1S/C16H20N8/c1-17-13-8-16(20-10-19-13)23-7-3-4-12(23)9-18-14-5-2-6-15-22-21-11-24(14)15/h2,5-6,8,10-12,18H,3-4,7,9H2,1H3,(H,17,19,20). The smallest absolute Gasteiger partial charge is 0.162 e. The molecular formula is C16H20N8. The lowest BCUT2D eigenvalue weighted by molar-refractivity contribution is 0.688. The van der Waals surface area contributed by atoms with Crippen LogP contribution in [0.4, 0.5) is 17.5 Å². The molecule has 1 atom stereocenters. The highest BCUT2D eigenvalue weighted by molar-refractivity contribution is 5.51. The first kappa shape index (κ1) is 14.7. The summed E-state index contributed by atoms with van der Waals surface area (Å²) < 4.78 is 1.96. The maximum Gasteiger partial charge on any atom is 0.162 e. The van der Waals surface area contributed by atoms with Crippen LogP contribution < -0.4 is 15.5 Å². The summed E-state index contributed by atoms with van der Waals surface area (Å²) in [5.41, 5.74) is 0.845. The van der Waals surface area contributed by atoms with Crippen LogP contribution in [0.15, 0.2) is 36.9 Å². The Morgan fingerprint density at radius 2 is 2.25 bits per heavy atom. The molecule has 124 valence electrons. The number of rotatable bonds is 5. The molecule has 24 heavy (non-hydrogen) atoms. The minimum absolute atomic E-state index is 0.399. The number of nitrogens with zero attached hydrogens (tertiary/aromatic N) is 6. The van der Waals surface area contributed by atoms with E-state index in [9.17, 15) is 0 Å². The van der Waals surface area contributed by atoms with Gasteiger partial charge >= 0.3 is 0 Å². The first-order valence-corrected chi connectivity index (χ1v) is 8.14. The molecule has 1 aliphatic rings. The molecule has 8 nitrogen and oxygen atoms in total. The summed E-state index contributed by atoms with van der Waals surface area (Å²) in [5.74, 6) is 2.82. The van der Waals surface area contributed by atoms with E-state index in [1.165, 1.54) is 6.42 Å². The van der Waals surface area contributed by atoms with Crippen LogP contribution in [-0.2, 0) is 0 Å². The molecule has 0 radical (unpaired) electrons. The molecular weight excluding hydrogens is 304 g/mol. The van der Waals surface area contributed by atoms with Crippen LogP contribution >= 0.6 is 0 Å². The largest absolute Gasteiger partial charge is 0.373 e. The van der Waals surface area contributed by atoms with Crippen LogP contribution in [-0.4, -0.2) is 50.7 Å². The number of nitrogens with one attached hydrogen (secondary N) is 2. The van der Waals surface area contributed by atoms with Gasteiger partial charge in [-0.05, 0) is 25.0 Å². The number of hydrogen-bond acceptors (Lipinski definition) is 7. The number of fused-ring (bicyclic) bond motifs is 1. The van der Waals surface area contributed by atoms with Crippen LogP contribution in [0.3, 0.4) is 0 Å². The SMILES string of the molecule is CNc1cc(N2CCCC2CNc2cccc3nncn23)ncn1. The van der Waals surface area contributed by atoms with Gasteiger partial charge in [0.2, 0.25) is 0 Å². The molecule has 8 heteroatoms. The maximum atomic E-state index is 4.44. The van der Waals surface area contributed by atoms with Crippen molar-refractivity contribution < 1.29 is 0 Å². The van der Waals surface area contributed by atoms with Gasteiger partial charge in [0.05, 0.1) is 0 Å². The van der Waals surface area contributed by atoms with Crippen LogP contribution in [0.1, 0.15) is 12.8 Å². The van der Waals surface area contributed by atoms with E-state index in [0.717, 1.165) is 42.6 Å². The highest BCUT2D eigenvalue weighted by atomic mass is 15.3. The molecule has 0 amide bonds. The van der Waals surface area contributed by atoms with Crippen molar-refractivity contribution in [1.29, 1.82) is 0 Å². The third-order valence-corrected chi connectivity index (χ3v) is 4.43. The van der Waals surface area contributed by atoms with E-state index in [1.54, 1.807) is 12.7 Å². The molecule has 0 bridgehead atoms. The quantitative estimate of drug-likeness (QED) is 0.738. The Morgan fingerprint density at radius 1 is 1.29 bits per heavy atom. The van der Waals surface area contributed by atoms with Gasteiger partial charge in [0.15, 0.2) is 5.65 Å². The van der Waals surface area contributed by atoms with E-state index in [1.807, 2.05) is 35.7 Å². The number of anilines is 3. The summed E-state index contributed by atoms with van der Waals surface area (Å²) in [6.45, 7) is 1.86. The summed E-state index contributed by atoms with van der Waals surface area (Å²) >= 11 is 0. The lowest BCUT2D eigenvalue weighted by atomic mass is 10.2. The molecule has 2 N–H and O–H groups in total. The molecule has 1 unspecified atom stereocenters. The van der Waals surface area contributed by atoms with Crippen molar-refractivity contribution in [3.8, 4) is 0 Å². The minimum atomic E-state index is 0.399. The summed E-state index contributed by atoms with van der Waals surface area (Å²) in [7, 11) is 1.87. The molecule has 1 aliphatic heterocycles. The first-order chi connectivity index (χ1) is 11.8. The van der Waals surface area contributed by atoms with Crippen molar-refractivity contribution in [1.82, 2.24) is 24.6 Å². The van der Waals surface area contributed by atoms with Crippen molar-refractivity contribution >= 4 is 23.1 Å². The van der Waals surface area contributed by atoms with Crippen molar-refractivity contribution in [3.05, 3.63) is 36.9 Å². The zero-order valence-electron chi connectivity index (χ0n) is 13.6. The van der Waals surface area contributed by atoms with Gasteiger partial charge < -0.3 is 15.5 Å². The highest BCUT2D eigenvalue weighted by Gasteiger charge is 2.25. The fourth-order valence-corrected chi connectivity index (χ4v) is 3.21. The lowest BCUT2D eigenvalue weighted by Gasteiger charge is -2.26. The molecule has 0 saturated carbocycles. The average Bonchev–Trinajstić information content (AvgIpc) is 3.29. The molecule has 3 aromatic rings. The second-order valence-electron chi connectivity index (χ2n) is 5.85. The van der Waals surface area contributed by atoms with Gasteiger partial charge in [-0.1, -0.05) is 6.07 Å². The molecule has 0 spiro atoms. The van der Waals surface area contributed by atoms with Crippen molar-refractivity contribution in [3.63, 3.8) is 0 Å². The first-order valence-electron chi connectivity index (χ1n) is 8.14. The summed E-state index contributed by atoms with van der Waals surface area (Å²) in [5, 5.41) is 14.6. The Bertz CT molecular complexity index is 830. The lowest BCUT2D eigenvalue weighted by Crippen LogP contribution is -2.35. The van der Waals surface area contributed by atoms with Crippen LogP contribution in [0, 0.1) is 0 Å². The van der Waals surface area contributed by atoms with Gasteiger partial charge in [0.1, 0.15) is 30.1 Å². The molecule has 3 aromatic heterocycles. The third-order valence-electron chi connectivity index (χ3n) is 4.43. The normalized spacial score (nSPS) is 17.4. The predicted molar refractivity (Wildman–Crippen MR) is 93.4 cm³/mol. The Labute approximate surface area is 139 Å². The van der Waals surface area contributed by atoms with Gasteiger partial charge in [0, 0.05) is 32.2 Å². The molecule has 4 heterocycles. The van der Waals surface area contributed by atoms with Crippen LogP contribution in [0.5, 0.6) is 0 Å². The van der Waals surface area contributed by atoms with Crippen molar-refractivity contribution in [2.24, 2.45) is 0 Å². The Balaban J connectivity index is 1.50. The van der Waals surface area contributed by atoms with Crippen LogP contribution in [0.25, 0.3) is 5.65 Å². The molecule has 4 rings (SSSR count). The zero-order chi connectivity index (χ0) is 16.4. The predicted octanol–water partition coefficient (Wildman–Crippen LogP) is 1.64. The van der Waals surface area contributed by atoms with E-state index < -0.39 is 0 Å². The zero-order valence-corrected chi connectivity index (χ0v) is 13.6. The van der Waals surface area contributed by atoms with E-state index >= 15 is 0 Å². The Morgan fingerprint density at radius 3 is 3.17 bits per heavy atom. The van der Waals surface area contributed by atoms with Gasteiger partial charge in [-0.3, -0.25) is 4.40 Å². The monoisotopic (exact) mass is 324 g/mol. The second kappa shape index (κ2) is 6.31. The fraction of sp³-hybridized carbons (Fsp3) is 0.375. The van der Waals surface area contributed by atoms with E-state index in [4.69, 9.17) is 0 Å². The average molecular weight is 324 g/mol. The highest BCUT2D eigenvalue weighted by Crippen LogP contribution is 2.25. The van der Waals surface area contributed by atoms with Crippen molar-refractivity contribution in [2.75, 3.05) is 35.7 Å². The van der Waals surface area contributed by atoms with Gasteiger partial charge in [0.25, 0.3) is 0 Å². The van der Waals surface area contributed by atoms with Gasteiger partial charge in [-0.15, -0.1) is 10.2 Å². The summed E-state index contributed by atoms with van der Waals surface area (Å²) in [6.07, 6.45) is 5.65. The van der Waals surface area contributed by atoms with Gasteiger partial charge in [-0.25, -0.2) is 9.97 Å². The van der Waals surface area contributed by atoms with E-state index in [2.05, 4.69) is 35.7 Å². The molecule has 1 fully saturated rings. The third kappa shape index (κ3) is 2.70. The summed E-state index contributed by atoms with van der Waals surface area (Å²) in [6, 6.07) is 8.37. The van der Waals surface area contributed by atoms with E-state index in [-0.39, 0.29) is 0 Å². The number of hydrogen-bond donors (Lipinski definition) is 2. The van der Waals surface area contributed by atoms with Crippen molar-refractivity contribution in [2.45, 2.75) is 18.9 Å². The van der Waals surface area contributed by atoms with E-state index in [0.29, 0.717) is 6.04 Å². The second-order valence-corrected chi connectivity index (χ2v) is 5.85. The van der Waals surface area contributed by atoms with Gasteiger partial charge in [-0.2, -0.15) is 0 Å². The van der Waals surface area contributed by atoms with Crippen LogP contribution in [0.2, 0.25) is 0 Å². The fourth-order valence-electron chi connectivity index (χ4n) is 3.21.